The van der Waals surface area contributed by atoms with Gasteiger partial charge >= 0.3 is 17.6 Å². The van der Waals surface area contributed by atoms with Gasteiger partial charge in [0.2, 0.25) is 5.82 Å². The fraction of sp³-hybridized carbons (Fsp3) is 0.143. The van der Waals surface area contributed by atoms with Gasteiger partial charge in [0, 0.05) is 19.7 Å². The molecule has 0 fully saturated rings. The summed E-state index contributed by atoms with van der Waals surface area (Å²) in [4.78, 5) is 32.2. The van der Waals surface area contributed by atoms with Crippen LogP contribution in [-0.4, -0.2) is 39.8 Å². The minimum Gasteiger partial charge on any atom is -0.433 e. The Labute approximate surface area is 182 Å². The Kier molecular flexibility index (Phi) is 6.16. The SMILES string of the molecule is Cc1ccc(C#N)cc1Oc1nc(Oc2cccc(C(=O)N(C)C)c2)nc(N)c1[N+](=O)[O-]. The lowest BCUT2D eigenvalue weighted by atomic mass is 10.1. The Balaban J connectivity index is 2.01. The molecule has 1 aromatic heterocycles. The number of ether oxygens (including phenoxy) is 2. The quantitative estimate of drug-likeness (QED) is 0.453. The van der Waals surface area contributed by atoms with Crippen LogP contribution in [-0.2, 0) is 0 Å². The van der Waals surface area contributed by atoms with E-state index in [4.69, 9.17) is 20.5 Å². The summed E-state index contributed by atoms with van der Waals surface area (Å²) in [5, 5.41) is 20.6. The van der Waals surface area contributed by atoms with Crippen molar-refractivity contribution in [2.24, 2.45) is 0 Å². The van der Waals surface area contributed by atoms with Crippen LogP contribution in [0.5, 0.6) is 23.4 Å². The van der Waals surface area contributed by atoms with Crippen LogP contribution < -0.4 is 15.2 Å². The minimum atomic E-state index is -0.770. The Morgan fingerprint density at radius 3 is 2.59 bits per heavy atom. The molecule has 162 valence electrons. The summed E-state index contributed by atoms with van der Waals surface area (Å²) in [6.07, 6.45) is 0. The van der Waals surface area contributed by atoms with Gasteiger partial charge in [0.15, 0.2) is 0 Å². The molecule has 3 rings (SSSR count). The number of aromatic nitrogens is 2. The van der Waals surface area contributed by atoms with Crippen molar-refractivity contribution in [3.05, 3.63) is 69.3 Å². The number of amides is 1. The molecule has 2 N–H and O–H groups in total. The summed E-state index contributed by atoms with van der Waals surface area (Å²) in [5.41, 5.74) is 6.42. The van der Waals surface area contributed by atoms with Crippen molar-refractivity contribution < 1.29 is 19.2 Å². The molecular formula is C21H18N6O5. The summed E-state index contributed by atoms with van der Waals surface area (Å²) in [5.74, 6) is -0.744. The van der Waals surface area contributed by atoms with Crippen molar-refractivity contribution in [3.8, 4) is 29.5 Å². The van der Waals surface area contributed by atoms with Gasteiger partial charge in [-0.3, -0.25) is 14.9 Å². The second-order valence-corrected chi connectivity index (χ2v) is 6.83. The molecule has 2 aromatic carbocycles. The smallest absolute Gasteiger partial charge is 0.373 e. The van der Waals surface area contributed by atoms with Crippen molar-refractivity contribution >= 4 is 17.4 Å². The van der Waals surface area contributed by atoms with Crippen LogP contribution in [0.3, 0.4) is 0 Å². The molecule has 0 saturated carbocycles. The highest BCUT2D eigenvalue weighted by Gasteiger charge is 2.27. The molecule has 0 saturated heterocycles. The molecule has 1 amide bonds. The molecule has 0 aliphatic rings. The number of hydrogen-bond donors (Lipinski definition) is 1. The maximum Gasteiger partial charge on any atom is 0.373 e. The second-order valence-electron chi connectivity index (χ2n) is 6.83. The normalized spacial score (nSPS) is 10.2. The average Bonchev–Trinajstić information content (AvgIpc) is 2.74. The Morgan fingerprint density at radius 1 is 1.19 bits per heavy atom. The minimum absolute atomic E-state index is 0.190. The largest absolute Gasteiger partial charge is 0.433 e. The number of benzene rings is 2. The van der Waals surface area contributed by atoms with Crippen LogP contribution in [0.4, 0.5) is 11.5 Å². The highest BCUT2D eigenvalue weighted by molar-refractivity contribution is 5.94. The third-order valence-electron chi connectivity index (χ3n) is 4.26. The predicted molar refractivity (Wildman–Crippen MR) is 114 cm³/mol. The van der Waals surface area contributed by atoms with Crippen LogP contribution >= 0.6 is 0 Å². The highest BCUT2D eigenvalue weighted by atomic mass is 16.6. The van der Waals surface area contributed by atoms with Gasteiger partial charge in [0.25, 0.3) is 5.91 Å². The number of nitrogens with two attached hydrogens (primary N) is 1. The molecule has 3 aromatic rings. The van der Waals surface area contributed by atoms with Gasteiger partial charge in [0.1, 0.15) is 11.5 Å². The molecule has 0 aliphatic heterocycles. The summed E-state index contributed by atoms with van der Waals surface area (Å²) in [7, 11) is 3.23. The van der Waals surface area contributed by atoms with Crippen LogP contribution in [0.15, 0.2) is 42.5 Å². The van der Waals surface area contributed by atoms with E-state index in [0.717, 1.165) is 0 Å². The molecule has 0 atom stereocenters. The molecule has 0 bridgehead atoms. The number of aryl methyl sites for hydroxylation is 1. The first-order chi connectivity index (χ1) is 15.2. The van der Waals surface area contributed by atoms with Gasteiger partial charge in [0.05, 0.1) is 16.6 Å². The topological polar surface area (TPSA) is 158 Å². The van der Waals surface area contributed by atoms with Crippen molar-refractivity contribution in [2.75, 3.05) is 19.8 Å². The molecule has 32 heavy (non-hydrogen) atoms. The molecule has 0 radical (unpaired) electrons. The molecule has 1 heterocycles. The standard InChI is InChI=1S/C21H18N6O5/c1-12-7-8-13(11-22)9-16(12)32-19-17(27(29)30)18(23)24-21(25-19)31-15-6-4-5-14(10-15)20(28)26(2)3/h4-10H,1-3H3,(H2,23,24,25). The van der Waals surface area contributed by atoms with Crippen molar-refractivity contribution in [3.63, 3.8) is 0 Å². The van der Waals surface area contributed by atoms with E-state index in [0.29, 0.717) is 16.7 Å². The first-order valence-corrected chi connectivity index (χ1v) is 9.19. The first kappa shape index (κ1) is 22.0. The molecule has 0 spiro atoms. The molecular weight excluding hydrogens is 416 g/mol. The van der Waals surface area contributed by atoms with Gasteiger partial charge in [-0.2, -0.15) is 15.2 Å². The van der Waals surface area contributed by atoms with Crippen LogP contribution in [0.1, 0.15) is 21.5 Å². The fourth-order valence-corrected chi connectivity index (χ4v) is 2.66. The number of carbonyl (C=O) groups is 1. The van der Waals surface area contributed by atoms with E-state index in [9.17, 15) is 14.9 Å². The second kappa shape index (κ2) is 8.97. The molecule has 0 unspecified atom stereocenters. The highest BCUT2D eigenvalue weighted by Crippen LogP contribution is 2.37. The zero-order valence-corrected chi connectivity index (χ0v) is 17.4. The number of nitrogens with zero attached hydrogens (tertiary/aromatic N) is 5. The molecule has 0 aliphatic carbocycles. The number of carbonyl (C=O) groups excluding carboxylic acids is 1. The van der Waals surface area contributed by atoms with E-state index in [1.807, 2.05) is 6.07 Å². The summed E-state index contributed by atoms with van der Waals surface area (Å²) >= 11 is 0. The fourth-order valence-electron chi connectivity index (χ4n) is 2.66. The maximum absolute atomic E-state index is 12.2. The van der Waals surface area contributed by atoms with Gasteiger partial charge < -0.3 is 20.1 Å². The third kappa shape index (κ3) is 4.71. The number of nitro groups is 1. The van der Waals surface area contributed by atoms with Gasteiger partial charge in [-0.25, -0.2) is 0 Å². The lowest BCUT2D eigenvalue weighted by molar-refractivity contribution is -0.385. The molecule has 11 nitrogen and oxygen atoms in total. The average molecular weight is 434 g/mol. The maximum atomic E-state index is 12.2. The number of rotatable bonds is 6. The number of nitriles is 1. The zero-order chi connectivity index (χ0) is 23.4. The van der Waals surface area contributed by atoms with E-state index in [-0.39, 0.29) is 23.4 Å². The van der Waals surface area contributed by atoms with E-state index < -0.39 is 22.3 Å². The molecule has 11 heteroatoms. The summed E-state index contributed by atoms with van der Waals surface area (Å²) < 4.78 is 11.2. The predicted octanol–water partition coefficient (Wildman–Crippen LogP) is 3.43. The van der Waals surface area contributed by atoms with Crippen LogP contribution in [0.25, 0.3) is 0 Å². The van der Waals surface area contributed by atoms with Crippen molar-refractivity contribution in [2.45, 2.75) is 6.92 Å². The third-order valence-corrected chi connectivity index (χ3v) is 4.26. The van der Waals surface area contributed by atoms with Gasteiger partial charge in [-0.15, -0.1) is 0 Å². The number of nitrogen functional groups attached to an aromatic ring is 1. The van der Waals surface area contributed by atoms with Crippen molar-refractivity contribution in [1.29, 1.82) is 5.26 Å². The summed E-state index contributed by atoms with van der Waals surface area (Å²) in [6.45, 7) is 1.71. The van der Waals surface area contributed by atoms with Crippen molar-refractivity contribution in [1.82, 2.24) is 14.9 Å². The Morgan fingerprint density at radius 2 is 1.94 bits per heavy atom. The number of anilines is 1. The van der Waals surface area contributed by atoms with Crippen LogP contribution in [0, 0.1) is 28.4 Å². The van der Waals surface area contributed by atoms with Gasteiger partial charge in [-0.1, -0.05) is 12.1 Å². The van der Waals surface area contributed by atoms with Gasteiger partial charge in [-0.05, 0) is 42.8 Å². The lowest BCUT2D eigenvalue weighted by Gasteiger charge is -2.12. The monoisotopic (exact) mass is 434 g/mol. The Bertz CT molecular complexity index is 1250. The lowest BCUT2D eigenvalue weighted by Crippen LogP contribution is -2.21. The van der Waals surface area contributed by atoms with E-state index in [1.54, 1.807) is 51.4 Å². The summed E-state index contributed by atoms with van der Waals surface area (Å²) in [6, 6.07) is 12.6. The first-order valence-electron chi connectivity index (χ1n) is 9.19. The Hall–Kier alpha value is -4.72. The zero-order valence-electron chi connectivity index (χ0n) is 17.4. The van der Waals surface area contributed by atoms with Crippen LogP contribution in [0.2, 0.25) is 0 Å². The van der Waals surface area contributed by atoms with E-state index in [1.165, 1.54) is 17.0 Å². The van der Waals surface area contributed by atoms with E-state index in [2.05, 4.69) is 9.97 Å². The van der Waals surface area contributed by atoms with E-state index >= 15 is 0 Å². The number of hydrogen-bond acceptors (Lipinski definition) is 9.